The molecule has 2 N–H and O–H groups in total. The number of aromatic amines is 1. The fraction of sp³-hybridized carbons (Fsp3) is 0.750. The molecule has 2 rings (SSSR count). The van der Waals surface area contributed by atoms with E-state index in [2.05, 4.69) is 23.4 Å². The number of rotatable bonds is 2. The van der Waals surface area contributed by atoms with E-state index < -0.39 is 0 Å². The third-order valence-electron chi connectivity index (χ3n) is 3.99. The van der Waals surface area contributed by atoms with Crippen LogP contribution in [0.4, 0.5) is 0 Å². The van der Waals surface area contributed by atoms with Crippen molar-refractivity contribution in [2.75, 3.05) is 0 Å². The molecule has 1 heterocycles. The van der Waals surface area contributed by atoms with Crippen molar-refractivity contribution in [2.45, 2.75) is 45.8 Å². The zero-order chi connectivity index (χ0) is 11.7. The van der Waals surface area contributed by atoms with Crippen LogP contribution in [0.1, 0.15) is 44.8 Å². The summed E-state index contributed by atoms with van der Waals surface area (Å²) in [5.41, 5.74) is 0.914. The molecule has 3 nitrogen and oxygen atoms in total. The Morgan fingerprint density at radius 2 is 2.19 bits per heavy atom. The summed E-state index contributed by atoms with van der Waals surface area (Å²) in [7, 11) is 0. The lowest BCUT2D eigenvalue weighted by Crippen LogP contribution is -2.24. The van der Waals surface area contributed by atoms with Gasteiger partial charge < -0.3 is 14.7 Å². The van der Waals surface area contributed by atoms with Gasteiger partial charge in [0.1, 0.15) is 0 Å². The Labute approximate surface area is 102 Å². The molecule has 0 bridgehead atoms. The first-order valence-corrected chi connectivity index (χ1v) is 6.44. The molecule has 1 aliphatic carbocycles. The first kappa shape index (κ1) is 11.9. The molecule has 1 aromatic rings. The molecular weight excluding hydrogens is 220 g/mol. The van der Waals surface area contributed by atoms with Crippen LogP contribution in [-0.4, -0.2) is 14.7 Å². The van der Waals surface area contributed by atoms with E-state index in [0.717, 1.165) is 22.3 Å². The molecule has 16 heavy (non-hydrogen) atoms. The van der Waals surface area contributed by atoms with E-state index in [0.29, 0.717) is 6.04 Å². The van der Waals surface area contributed by atoms with E-state index in [4.69, 9.17) is 12.2 Å². The van der Waals surface area contributed by atoms with Gasteiger partial charge in [0, 0.05) is 12.2 Å². The van der Waals surface area contributed by atoms with Crippen LogP contribution in [0.3, 0.4) is 0 Å². The summed E-state index contributed by atoms with van der Waals surface area (Å²) in [6, 6.07) is 0.465. The minimum atomic E-state index is 0.0631. The van der Waals surface area contributed by atoms with Crippen molar-refractivity contribution in [2.24, 2.45) is 11.8 Å². The molecule has 4 heteroatoms. The third-order valence-corrected chi connectivity index (χ3v) is 4.30. The van der Waals surface area contributed by atoms with Crippen LogP contribution in [0.15, 0.2) is 6.20 Å². The average Bonchev–Trinajstić information content (AvgIpc) is 2.64. The number of aliphatic hydroxyl groups excluding tert-OH is 1. The Balaban J connectivity index is 2.24. The molecule has 0 aliphatic heterocycles. The van der Waals surface area contributed by atoms with Crippen molar-refractivity contribution >= 4 is 12.2 Å². The van der Waals surface area contributed by atoms with Gasteiger partial charge in [-0.1, -0.05) is 13.8 Å². The fourth-order valence-electron chi connectivity index (χ4n) is 2.69. The van der Waals surface area contributed by atoms with E-state index in [1.54, 1.807) is 0 Å². The van der Waals surface area contributed by atoms with Crippen molar-refractivity contribution in [1.82, 2.24) is 9.55 Å². The van der Waals surface area contributed by atoms with Gasteiger partial charge in [0.15, 0.2) is 4.77 Å². The van der Waals surface area contributed by atoms with Gasteiger partial charge in [-0.15, -0.1) is 0 Å². The topological polar surface area (TPSA) is 41.0 Å². The third kappa shape index (κ3) is 2.09. The lowest BCUT2D eigenvalue weighted by molar-refractivity contribution is 0.197. The van der Waals surface area contributed by atoms with Gasteiger partial charge in [0.05, 0.1) is 12.3 Å². The SMILES string of the molecule is CC1CCC(n2c(CO)c[nH]c2=S)CC1C. The highest BCUT2D eigenvalue weighted by molar-refractivity contribution is 7.71. The summed E-state index contributed by atoms with van der Waals surface area (Å²) in [4.78, 5) is 3.03. The van der Waals surface area contributed by atoms with Crippen molar-refractivity contribution < 1.29 is 5.11 Å². The minimum Gasteiger partial charge on any atom is -0.390 e. The molecular formula is C12H20N2OS. The molecule has 90 valence electrons. The predicted molar refractivity (Wildman–Crippen MR) is 66.8 cm³/mol. The standard InChI is InChI=1S/C12H20N2OS/c1-8-3-4-10(5-9(8)2)14-11(7-15)6-13-12(14)16/h6,8-10,15H,3-5,7H2,1-2H3,(H,13,16). The monoisotopic (exact) mass is 240 g/mol. The molecule has 3 unspecified atom stereocenters. The van der Waals surface area contributed by atoms with Crippen LogP contribution in [0.5, 0.6) is 0 Å². The first-order chi connectivity index (χ1) is 7.63. The van der Waals surface area contributed by atoms with Gasteiger partial charge >= 0.3 is 0 Å². The number of hydrogen-bond acceptors (Lipinski definition) is 2. The molecule has 1 aliphatic rings. The Hall–Kier alpha value is -0.610. The van der Waals surface area contributed by atoms with Crippen LogP contribution in [0.25, 0.3) is 0 Å². The zero-order valence-electron chi connectivity index (χ0n) is 9.94. The highest BCUT2D eigenvalue weighted by Gasteiger charge is 2.26. The number of imidazole rings is 1. The summed E-state index contributed by atoms with van der Waals surface area (Å²) in [6.45, 7) is 4.70. The number of H-pyrrole nitrogens is 1. The van der Waals surface area contributed by atoms with Crippen molar-refractivity contribution in [3.63, 3.8) is 0 Å². The average molecular weight is 240 g/mol. The number of nitrogens with one attached hydrogen (secondary N) is 1. The van der Waals surface area contributed by atoms with Crippen LogP contribution >= 0.6 is 12.2 Å². The maximum Gasteiger partial charge on any atom is 0.177 e. The fourth-order valence-corrected chi connectivity index (χ4v) is 3.02. The Kier molecular flexibility index (Phi) is 3.50. The maximum absolute atomic E-state index is 9.29. The normalized spacial score (nSPS) is 30.6. The largest absolute Gasteiger partial charge is 0.390 e. The smallest absolute Gasteiger partial charge is 0.177 e. The summed E-state index contributed by atoms with van der Waals surface area (Å²) in [5.74, 6) is 1.55. The lowest BCUT2D eigenvalue weighted by Gasteiger charge is -2.33. The number of hydrogen-bond donors (Lipinski definition) is 2. The van der Waals surface area contributed by atoms with Gasteiger partial charge in [0.2, 0.25) is 0 Å². The van der Waals surface area contributed by atoms with E-state index >= 15 is 0 Å². The summed E-state index contributed by atoms with van der Waals surface area (Å²) < 4.78 is 2.85. The predicted octanol–water partition coefficient (Wildman–Crippen LogP) is 3.04. The lowest BCUT2D eigenvalue weighted by atomic mass is 9.79. The molecule has 1 saturated carbocycles. The van der Waals surface area contributed by atoms with Crippen LogP contribution in [0, 0.1) is 16.6 Å². The molecule has 0 saturated heterocycles. The molecule has 1 aromatic heterocycles. The van der Waals surface area contributed by atoms with Crippen molar-refractivity contribution in [3.05, 3.63) is 16.7 Å². The van der Waals surface area contributed by atoms with Gasteiger partial charge in [-0.2, -0.15) is 0 Å². The van der Waals surface area contributed by atoms with E-state index in [-0.39, 0.29) is 6.61 Å². The number of nitrogens with zero attached hydrogens (tertiary/aromatic N) is 1. The van der Waals surface area contributed by atoms with Gasteiger partial charge in [0.25, 0.3) is 0 Å². The van der Waals surface area contributed by atoms with Gasteiger partial charge in [-0.3, -0.25) is 0 Å². The van der Waals surface area contributed by atoms with Crippen molar-refractivity contribution in [3.8, 4) is 0 Å². The molecule has 0 aromatic carbocycles. The molecule has 0 amide bonds. The molecule has 3 atom stereocenters. The zero-order valence-corrected chi connectivity index (χ0v) is 10.8. The second-order valence-electron chi connectivity index (χ2n) is 5.03. The van der Waals surface area contributed by atoms with Crippen molar-refractivity contribution in [1.29, 1.82) is 0 Å². The summed E-state index contributed by atoms with van der Waals surface area (Å²) in [5, 5.41) is 9.29. The molecule has 1 fully saturated rings. The Morgan fingerprint density at radius 1 is 1.44 bits per heavy atom. The second-order valence-corrected chi connectivity index (χ2v) is 5.42. The minimum absolute atomic E-state index is 0.0631. The number of aromatic nitrogens is 2. The van der Waals surface area contributed by atoms with E-state index in [9.17, 15) is 5.11 Å². The molecule has 0 radical (unpaired) electrons. The van der Waals surface area contributed by atoms with E-state index in [1.165, 1.54) is 19.3 Å². The number of aliphatic hydroxyl groups is 1. The van der Waals surface area contributed by atoms with Crippen LogP contribution < -0.4 is 0 Å². The Morgan fingerprint density at radius 3 is 2.81 bits per heavy atom. The highest BCUT2D eigenvalue weighted by Crippen LogP contribution is 2.36. The van der Waals surface area contributed by atoms with Gasteiger partial charge in [-0.05, 0) is 43.3 Å². The highest BCUT2D eigenvalue weighted by atomic mass is 32.1. The van der Waals surface area contributed by atoms with Crippen LogP contribution in [-0.2, 0) is 6.61 Å². The second kappa shape index (κ2) is 4.72. The van der Waals surface area contributed by atoms with Crippen LogP contribution in [0.2, 0.25) is 0 Å². The summed E-state index contributed by atoms with van der Waals surface area (Å²) in [6.07, 6.45) is 5.42. The Bertz CT molecular complexity index is 409. The quantitative estimate of drug-likeness (QED) is 0.780. The first-order valence-electron chi connectivity index (χ1n) is 6.03. The summed E-state index contributed by atoms with van der Waals surface area (Å²) >= 11 is 5.28. The van der Waals surface area contributed by atoms with Gasteiger partial charge in [-0.25, -0.2) is 0 Å². The van der Waals surface area contributed by atoms with E-state index in [1.807, 2.05) is 6.20 Å². The maximum atomic E-state index is 9.29. The molecule has 0 spiro atoms.